The van der Waals surface area contributed by atoms with Crippen LogP contribution in [0.3, 0.4) is 0 Å². The summed E-state index contributed by atoms with van der Waals surface area (Å²) in [5.74, 6) is -0.420. The number of halogens is 1. The van der Waals surface area contributed by atoms with Crippen LogP contribution in [0.25, 0.3) is 0 Å². The molecule has 1 fully saturated rings. The van der Waals surface area contributed by atoms with E-state index >= 15 is 0 Å². The maximum absolute atomic E-state index is 12.0. The van der Waals surface area contributed by atoms with Crippen molar-refractivity contribution in [3.8, 4) is 0 Å². The van der Waals surface area contributed by atoms with E-state index in [1.54, 1.807) is 12.1 Å². The minimum absolute atomic E-state index is 0.00362. The number of hydrogen-bond acceptors (Lipinski definition) is 5. The number of nitrogen functional groups attached to an aromatic ring is 1. The largest absolute Gasteiger partial charge is 0.465 e. The number of nitrogens with two attached hydrogens (primary N) is 1. The Morgan fingerprint density at radius 1 is 1.38 bits per heavy atom. The number of ether oxygens (including phenoxy) is 1. The Hall–Kier alpha value is -1.46. The van der Waals surface area contributed by atoms with Crippen molar-refractivity contribution in [2.24, 2.45) is 0 Å². The van der Waals surface area contributed by atoms with Crippen molar-refractivity contribution >= 4 is 28.9 Å². The average molecular weight is 312 g/mol. The van der Waals surface area contributed by atoms with Gasteiger partial charge in [-0.15, -0.1) is 0 Å². The van der Waals surface area contributed by atoms with Gasteiger partial charge in [-0.05, 0) is 33.0 Å². The van der Waals surface area contributed by atoms with Gasteiger partial charge in [-0.25, -0.2) is 4.79 Å². The van der Waals surface area contributed by atoms with Crippen LogP contribution in [0.1, 0.15) is 24.2 Å². The van der Waals surface area contributed by atoms with Crippen molar-refractivity contribution in [1.82, 2.24) is 4.90 Å². The number of benzene rings is 1. The summed E-state index contributed by atoms with van der Waals surface area (Å²) < 4.78 is 4.86. The number of piperazine rings is 1. The molecule has 0 atom stereocenters. The maximum Gasteiger partial charge on any atom is 0.340 e. The minimum Gasteiger partial charge on any atom is -0.465 e. The molecular formula is C15H22ClN3O2. The van der Waals surface area contributed by atoms with E-state index in [2.05, 4.69) is 30.7 Å². The second kappa shape index (κ2) is 5.73. The summed E-state index contributed by atoms with van der Waals surface area (Å²) in [7, 11) is 3.46. The van der Waals surface area contributed by atoms with Gasteiger partial charge in [0, 0.05) is 30.9 Å². The van der Waals surface area contributed by atoms with Crippen molar-refractivity contribution in [2.75, 3.05) is 44.4 Å². The molecule has 0 aliphatic carbocycles. The highest BCUT2D eigenvalue weighted by Gasteiger charge is 2.33. The number of rotatable bonds is 2. The third-order valence-corrected chi connectivity index (χ3v) is 4.41. The van der Waals surface area contributed by atoms with E-state index in [0.29, 0.717) is 22.0 Å². The van der Waals surface area contributed by atoms with Crippen molar-refractivity contribution in [3.63, 3.8) is 0 Å². The fourth-order valence-corrected chi connectivity index (χ4v) is 2.99. The average Bonchev–Trinajstić information content (AvgIpc) is 2.40. The molecule has 0 unspecified atom stereocenters. The highest BCUT2D eigenvalue weighted by atomic mass is 35.5. The molecule has 116 valence electrons. The summed E-state index contributed by atoms with van der Waals surface area (Å²) in [4.78, 5) is 16.5. The number of carbonyl (C=O) groups is 1. The predicted octanol–water partition coefficient (Wildman–Crippen LogP) is 2.24. The summed E-state index contributed by atoms with van der Waals surface area (Å²) in [6.07, 6.45) is 0. The Kier molecular flexibility index (Phi) is 4.35. The van der Waals surface area contributed by atoms with Crippen LogP contribution in [0.4, 0.5) is 11.4 Å². The van der Waals surface area contributed by atoms with Gasteiger partial charge in [0.2, 0.25) is 0 Å². The lowest BCUT2D eigenvalue weighted by Gasteiger charge is -2.46. The van der Waals surface area contributed by atoms with E-state index in [4.69, 9.17) is 22.1 Å². The van der Waals surface area contributed by atoms with Crippen molar-refractivity contribution in [2.45, 2.75) is 19.4 Å². The molecule has 1 aromatic rings. The molecule has 1 aliphatic heterocycles. The Morgan fingerprint density at radius 2 is 2.05 bits per heavy atom. The number of esters is 1. The van der Waals surface area contributed by atoms with E-state index in [0.717, 1.165) is 19.6 Å². The molecule has 0 bridgehead atoms. The molecule has 21 heavy (non-hydrogen) atoms. The van der Waals surface area contributed by atoms with Crippen LogP contribution in [-0.4, -0.2) is 50.2 Å². The lowest BCUT2D eigenvalue weighted by Crippen LogP contribution is -2.58. The molecule has 5 nitrogen and oxygen atoms in total. The Morgan fingerprint density at radius 3 is 2.62 bits per heavy atom. The summed E-state index contributed by atoms with van der Waals surface area (Å²) in [5, 5.41) is 0.482. The van der Waals surface area contributed by atoms with Gasteiger partial charge in [0.05, 0.1) is 23.4 Å². The highest BCUT2D eigenvalue weighted by Crippen LogP contribution is 2.35. The third-order valence-electron chi connectivity index (χ3n) is 4.12. The minimum atomic E-state index is -0.420. The third kappa shape index (κ3) is 3.09. The predicted molar refractivity (Wildman–Crippen MR) is 86.1 cm³/mol. The zero-order chi connectivity index (χ0) is 15.8. The van der Waals surface area contributed by atoms with E-state index in [1.807, 2.05) is 0 Å². The first kappa shape index (κ1) is 15.9. The number of carbonyl (C=O) groups excluding carboxylic acids is 1. The van der Waals surface area contributed by atoms with Gasteiger partial charge >= 0.3 is 5.97 Å². The standard InChI is InChI=1S/C15H22ClN3O2/c1-15(2)9-19(6-5-18(15)3)13-11(14(20)21-4)7-10(17)8-12(13)16/h7-8H,5-6,9,17H2,1-4H3. The second-order valence-electron chi connectivity index (χ2n) is 6.05. The zero-order valence-corrected chi connectivity index (χ0v) is 13.7. The molecule has 0 spiro atoms. The first-order valence-corrected chi connectivity index (χ1v) is 7.27. The van der Waals surface area contributed by atoms with Crippen molar-refractivity contribution < 1.29 is 9.53 Å². The number of likely N-dealkylation sites (N-methyl/N-ethyl adjacent to an activating group) is 1. The Labute approximate surface area is 130 Å². The summed E-state index contributed by atoms with van der Waals surface area (Å²) in [6.45, 7) is 6.81. The molecular weight excluding hydrogens is 290 g/mol. The van der Waals surface area contributed by atoms with Crippen LogP contribution in [-0.2, 0) is 4.74 Å². The first-order valence-electron chi connectivity index (χ1n) is 6.90. The molecule has 1 heterocycles. The van der Waals surface area contributed by atoms with Gasteiger partial charge in [-0.3, -0.25) is 4.90 Å². The highest BCUT2D eigenvalue weighted by molar-refractivity contribution is 6.34. The van der Waals surface area contributed by atoms with Gasteiger partial charge < -0.3 is 15.4 Å². The van der Waals surface area contributed by atoms with Crippen LogP contribution in [0, 0.1) is 0 Å². The van der Waals surface area contributed by atoms with Crippen molar-refractivity contribution in [3.05, 3.63) is 22.7 Å². The number of hydrogen-bond donors (Lipinski definition) is 1. The molecule has 1 saturated heterocycles. The summed E-state index contributed by atoms with van der Waals surface area (Å²) in [5.41, 5.74) is 7.39. The van der Waals surface area contributed by atoms with Crippen LogP contribution in [0.15, 0.2) is 12.1 Å². The van der Waals surface area contributed by atoms with Crippen LogP contribution >= 0.6 is 11.6 Å². The Balaban J connectivity index is 2.46. The van der Waals surface area contributed by atoms with E-state index < -0.39 is 5.97 Å². The van der Waals surface area contributed by atoms with Crippen LogP contribution in [0.5, 0.6) is 0 Å². The maximum atomic E-state index is 12.0. The van der Waals surface area contributed by atoms with Gasteiger partial charge in [-0.1, -0.05) is 11.6 Å². The molecule has 2 N–H and O–H groups in total. The van der Waals surface area contributed by atoms with Crippen molar-refractivity contribution in [1.29, 1.82) is 0 Å². The second-order valence-corrected chi connectivity index (χ2v) is 6.45. The number of nitrogens with zero attached hydrogens (tertiary/aromatic N) is 2. The number of methoxy groups -OCH3 is 1. The van der Waals surface area contributed by atoms with Gasteiger partial charge in [-0.2, -0.15) is 0 Å². The lowest BCUT2D eigenvalue weighted by molar-refractivity contribution is 0.0600. The topological polar surface area (TPSA) is 58.8 Å². The van der Waals surface area contributed by atoms with Gasteiger partial charge in [0.15, 0.2) is 0 Å². The first-order chi connectivity index (χ1) is 9.76. The molecule has 0 aromatic heterocycles. The fraction of sp³-hybridized carbons (Fsp3) is 0.533. The smallest absolute Gasteiger partial charge is 0.340 e. The normalized spacial score (nSPS) is 18.6. The van der Waals surface area contributed by atoms with Crippen LogP contribution in [0.2, 0.25) is 5.02 Å². The zero-order valence-electron chi connectivity index (χ0n) is 12.9. The fourth-order valence-electron chi connectivity index (χ4n) is 2.64. The number of anilines is 2. The van der Waals surface area contributed by atoms with Crippen LogP contribution < -0.4 is 10.6 Å². The van der Waals surface area contributed by atoms with E-state index in [9.17, 15) is 4.79 Å². The van der Waals surface area contributed by atoms with Gasteiger partial charge in [0.1, 0.15) is 0 Å². The quantitative estimate of drug-likeness (QED) is 0.670. The Bertz CT molecular complexity index is 560. The molecule has 1 aromatic carbocycles. The molecule has 6 heteroatoms. The van der Waals surface area contributed by atoms with E-state index in [-0.39, 0.29) is 5.54 Å². The molecule has 0 radical (unpaired) electrons. The van der Waals surface area contributed by atoms with Gasteiger partial charge in [0.25, 0.3) is 0 Å². The molecule has 0 amide bonds. The summed E-state index contributed by atoms with van der Waals surface area (Å²) in [6, 6.07) is 3.30. The lowest BCUT2D eigenvalue weighted by atomic mass is 9.98. The molecule has 2 rings (SSSR count). The summed E-state index contributed by atoms with van der Waals surface area (Å²) >= 11 is 6.36. The van der Waals surface area contributed by atoms with E-state index in [1.165, 1.54) is 7.11 Å². The molecule has 0 saturated carbocycles. The SMILES string of the molecule is COC(=O)c1cc(N)cc(Cl)c1N1CCN(C)C(C)(C)C1. The molecule has 1 aliphatic rings. The monoisotopic (exact) mass is 311 g/mol.